The fourth-order valence-electron chi connectivity index (χ4n) is 4.14. The Morgan fingerprint density at radius 3 is 1.55 bits per heavy atom. The molecular formula is C30H60NO8PS2. The van der Waals surface area contributed by atoms with Crippen molar-refractivity contribution < 1.29 is 42.1 Å². The second-order valence-corrected chi connectivity index (χ2v) is 14.3. The highest BCUT2D eigenvalue weighted by molar-refractivity contribution is 7.80. The summed E-state index contributed by atoms with van der Waals surface area (Å²) in [6, 6.07) is 0. The van der Waals surface area contributed by atoms with Crippen LogP contribution in [0.25, 0.3) is 0 Å². The van der Waals surface area contributed by atoms with Crippen molar-refractivity contribution in [2.45, 2.75) is 122 Å². The van der Waals surface area contributed by atoms with Crippen molar-refractivity contribution in [3.63, 3.8) is 0 Å². The number of quaternary nitrogens is 1. The number of hydrogen-bond donors (Lipinski definition) is 2. The molecule has 0 amide bonds. The summed E-state index contributed by atoms with van der Waals surface area (Å²) in [5.41, 5.74) is 0. The van der Waals surface area contributed by atoms with E-state index in [4.69, 9.17) is 18.5 Å². The van der Waals surface area contributed by atoms with E-state index in [2.05, 4.69) is 25.3 Å². The number of phosphoric ester groups is 1. The van der Waals surface area contributed by atoms with Gasteiger partial charge in [-0.05, 0) is 37.2 Å². The van der Waals surface area contributed by atoms with Crippen molar-refractivity contribution in [1.82, 2.24) is 0 Å². The maximum Gasteiger partial charge on any atom is 0.306 e. The van der Waals surface area contributed by atoms with Gasteiger partial charge >= 0.3 is 11.9 Å². The Morgan fingerprint density at radius 1 is 0.667 bits per heavy atom. The van der Waals surface area contributed by atoms with Crippen LogP contribution in [0.1, 0.15) is 116 Å². The first-order valence-corrected chi connectivity index (χ1v) is 18.7. The third-order valence-electron chi connectivity index (χ3n) is 6.74. The number of ether oxygens (including phenoxy) is 2. The summed E-state index contributed by atoms with van der Waals surface area (Å²) < 4.78 is 33.5. The average Bonchev–Trinajstić information content (AvgIpc) is 2.92. The van der Waals surface area contributed by atoms with E-state index in [0.29, 0.717) is 17.4 Å². The van der Waals surface area contributed by atoms with Gasteiger partial charge in [0.25, 0.3) is 7.82 Å². The summed E-state index contributed by atoms with van der Waals surface area (Å²) in [7, 11) is 1.15. The SMILES string of the molecule is C[N+](C)(C)CCOP(=O)([O-])OC[C@@H](COC(=O)CCCCCCCCCCS)OC(=O)CCCCCCCCCCS. The highest BCUT2D eigenvalue weighted by Gasteiger charge is 2.21. The molecule has 0 saturated carbocycles. The van der Waals surface area contributed by atoms with Gasteiger partial charge in [0.2, 0.25) is 0 Å². The van der Waals surface area contributed by atoms with Crippen molar-refractivity contribution >= 4 is 45.0 Å². The van der Waals surface area contributed by atoms with Crippen molar-refractivity contribution in [1.29, 1.82) is 0 Å². The molecule has 0 fully saturated rings. The van der Waals surface area contributed by atoms with Gasteiger partial charge in [0.15, 0.2) is 6.10 Å². The summed E-state index contributed by atoms with van der Waals surface area (Å²) in [4.78, 5) is 37.0. The van der Waals surface area contributed by atoms with Gasteiger partial charge in [0.1, 0.15) is 19.8 Å². The number of phosphoric acid groups is 1. The van der Waals surface area contributed by atoms with Crippen molar-refractivity contribution in [2.24, 2.45) is 0 Å². The molecule has 9 nitrogen and oxygen atoms in total. The molecular weight excluding hydrogens is 597 g/mol. The number of nitrogens with zero attached hydrogens (tertiary/aromatic N) is 1. The molecule has 2 atom stereocenters. The fourth-order valence-corrected chi connectivity index (χ4v) is 5.32. The molecule has 0 saturated heterocycles. The zero-order valence-corrected chi connectivity index (χ0v) is 29.3. The zero-order chi connectivity index (χ0) is 31.5. The van der Waals surface area contributed by atoms with Gasteiger partial charge in [-0.1, -0.05) is 77.0 Å². The Kier molecular flexibility index (Phi) is 26.9. The van der Waals surface area contributed by atoms with Crippen LogP contribution in [0.4, 0.5) is 0 Å². The van der Waals surface area contributed by atoms with Crippen molar-refractivity contribution in [2.75, 3.05) is 59.0 Å². The van der Waals surface area contributed by atoms with Gasteiger partial charge in [0, 0.05) is 12.8 Å². The molecule has 0 N–H and O–H groups in total. The molecule has 0 spiro atoms. The molecule has 0 aromatic heterocycles. The van der Waals surface area contributed by atoms with Crippen LogP contribution in [0.5, 0.6) is 0 Å². The van der Waals surface area contributed by atoms with Crippen LogP contribution in [-0.2, 0) is 32.7 Å². The quantitative estimate of drug-likeness (QED) is 0.0295. The molecule has 42 heavy (non-hydrogen) atoms. The van der Waals surface area contributed by atoms with Crippen LogP contribution in [0.3, 0.4) is 0 Å². The van der Waals surface area contributed by atoms with Crippen LogP contribution >= 0.6 is 33.1 Å². The monoisotopic (exact) mass is 657 g/mol. The van der Waals surface area contributed by atoms with Gasteiger partial charge in [-0.25, -0.2) is 0 Å². The van der Waals surface area contributed by atoms with E-state index in [1.54, 1.807) is 0 Å². The molecule has 0 aliphatic carbocycles. The maximum absolute atomic E-state index is 12.5. The lowest BCUT2D eigenvalue weighted by atomic mass is 10.1. The lowest BCUT2D eigenvalue weighted by molar-refractivity contribution is -0.870. The number of carbonyl (C=O) groups excluding carboxylic acids is 2. The molecule has 12 heteroatoms. The summed E-state index contributed by atoms with van der Waals surface area (Å²) >= 11 is 8.45. The Bertz CT molecular complexity index is 724. The minimum atomic E-state index is -4.61. The van der Waals surface area contributed by atoms with Gasteiger partial charge < -0.3 is 27.9 Å². The standard InChI is InChI=1S/C30H60NO8PS2/c1-31(2,3)22-23-37-40(34,35)38-27-28(39-30(33)21-17-13-9-5-7-11-15-19-25-42)26-36-29(32)20-16-12-8-4-6-10-14-18-24-41/h28H,4-27H2,1-3H3,(H2-,34,35,41,42)/t28-/m1/s1. The molecule has 0 bridgehead atoms. The Morgan fingerprint density at radius 2 is 1.10 bits per heavy atom. The summed E-state index contributed by atoms with van der Waals surface area (Å²) in [5, 5.41) is 0. The molecule has 0 aromatic carbocycles. The van der Waals surface area contributed by atoms with E-state index >= 15 is 0 Å². The molecule has 0 heterocycles. The van der Waals surface area contributed by atoms with E-state index in [9.17, 15) is 19.0 Å². The topological polar surface area (TPSA) is 111 Å². The highest BCUT2D eigenvalue weighted by Crippen LogP contribution is 2.38. The van der Waals surface area contributed by atoms with Crippen LogP contribution in [0.2, 0.25) is 0 Å². The van der Waals surface area contributed by atoms with E-state index in [-0.39, 0.29) is 26.1 Å². The van der Waals surface area contributed by atoms with Crippen molar-refractivity contribution in [3.05, 3.63) is 0 Å². The Labute approximate surface area is 267 Å². The number of thiol groups is 2. The lowest BCUT2D eigenvalue weighted by Gasteiger charge is -2.28. The molecule has 0 rings (SSSR count). The van der Waals surface area contributed by atoms with Crippen LogP contribution in [0, 0.1) is 0 Å². The van der Waals surface area contributed by atoms with Crippen LogP contribution in [0.15, 0.2) is 0 Å². The molecule has 1 unspecified atom stereocenters. The lowest BCUT2D eigenvalue weighted by Crippen LogP contribution is -2.37. The highest BCUT2D eigenvalue weighted by atomic mass is 32.1. The first-order chi connectivity index (χ1) is 20.0. The van der Waals surface area contributed by atoms with Crippen molar-refractivity contribution in [3.8, 4) is 0 Å². The van der Waals surface area contributed by atoms with Crippen LogP contribution in [-0.4, -0.2) is 81.5 Å². The summed E-state index contributed by atoms with van der Waals surface area (Å²) in [5.74, 6) is 1.01. The molecule has 0 aliphatic rings. The van der Waals surface area contributed by atoms with Gasteiger partial charge in [0.05, 0.1) is 27.7 Å². The minimum Gasteiger partial charge on any atom is -0.756 e. The van der Waals surface area contributed by atoms with Crippen LogP contribution < -0.4 is 4.89 Å². The van der Waals surface area contributed by atoms with Gasteiger partial charge in [-0.15, -0.1) is 0 Å². The third-order valence-corrected chi connectivity index (χ3v) is 8.33. The Balaban J connectivity index is 4.51. The Hall–Kier alpha value is -0.290. The smallest absolute Gasteiger partial charge is 0.306 e. The molecule has 0 radical (unpaired) electrons. The number of esters is 2. The predicted molar refractivity (Wildman–Crippen MR) is 174 cm³/mol. The van der Waals surface area contributed by atoms with E-state index in [1.165, 1.54) is 38.5 Å². The number of unbranched alkanes of at least 4 members (excludes halogenated alkanes) is 14. The van der Waals surface area contributed by atoms with E-state index in [0.717, 1.165) is 69.3 Å². The minimum absolute atomic E-state index is 0.0332. The molecule has 0 aromatic rings. The second-order valence-electron chi connectivity index (χ2n) is 12.0. The molecule has 0 aliphatic heterocycles. The number of carbonyl (C=O) groups is 2. The number of rotatable bonds is 30. The number of likely N-dealkylation sites (N-methyl/N-ethyl adjacent to an activating group) is 1. The average molecular weight is 658 g/mol. The van der Waals surface area contributed by atoms with E-state index < -0.39 is 32.5 Å². The first-order valence-electron chi connectivity index (χ1n) is 16.0. The third kappa shape index (κ3) is 29.8. The summed E-state index contributed by atoms with van der Waals surface area (Å²) in [6.45, 7) is -0.295. The number of hydrogen-bond acceptors (Lipinski definition) is 10. The molecule has 250 valence electrons. The van der Waals surface area contributed by atoms with Gasteiger partial charge in [-0.3, -0.25) is 14.2 Å². The second kappa shape index (κ2) is 27.1. The maximum atomic E-state index is 12.5. The predicted octanol–water partition coefficient (Wildman–Crippen LogP) is 6.53. The summed E-state index contributed by atoms with van der Waals surface area (Å²) in [6.07, 6.45) is 16.7. The largest absolute Gasteiger partial charge is 0.756 e. The zero-order valence-electron chi connectivity index (χ0n) is 26.6. The normalized spacial score (nSPS) is 14.0. The fraction of sp³-hybridized carbons (Fsp3) is 0.933. The first kappa shape index (κ1) is 41.7. The van der Waals surface area contributed by atoms with E-state index in [1.807, 2.05) is 21.1 Å². The van der Waals surface area contributed by atoms with Gasteiger partial charge in [-0.2, -0.15) is 25.3 Å².